The lowest BCUT2D eigenvalue weighted by molar-refractivity contribution is -0.282. The van der Waals surface area contributed by atoms with Gasteiger partial charge in [0.15, 0.2) is 6.10 Å². The fraction of sp³-hybridized carbons (Fsp3) is 0.407. The second-order valence-electron chi connectivity index (χ2n) is 9.57. The number of carbonyl (C=O) groups excluding carboxylic acids is 2. The molecule has 1 aromatic heterocycles. The lowest BCUT2D eigenvalue weighted by Crippen LogP contribution is -2.61. The summed E-state index contributed by atoms with van der Waals surface area (Å²) in [5.74, 6) is -3.62. The summed E-state index contributed by atoms with van der Waals surface area (Å²) in [4.78, 5) is 48.0. The van der Waals surface area contributed by atoms with Crippen molar-refractivity contribution in [2.24, 2.45) is 0 Å². The predicted octanol–water partition coefficient (Wildman–Crippen LogP) is 0.264. The summed E-state index contributed by atoms with van der Waals surface area (Å²) in [6.07, 6.45) is -6.41. The van der Waals surface area contributed by atoms with Crippen LogP contribution in [-0.2, 0) is 28.6 Å². The van der Waals surface area contributed by atoms with Gasteiger partial charge in [0.25, 0.3) is 0 Å². The van der Waals surface area contributed by atoms with Crippen LogP contribution in [0.4, 0.5) is 0 Å². The number of esters is 2. The van der Waals surface area contributed by atoms with Gasteiger partial charge in [0.2, 0.25) is 17.5 Å². The number of aliphatic hydroxyl groups excluding tert-OH is 2. The Morgan fingerprint density at radius 1 is 1.07 bits per heavy atom. The van der Waals surface area contributed by atoms with E-state index in [-0.39, 0.29) is 17.3 Å². The van der Waals surface area contributed by atoms with E-state index in [0.717, 1.165) is 25.3 Å². The number of phenolic OH excluding ortho intramolecular Hbond substituents is 1. The minimum absolute atomic E-state index is 0.0169. The molecule has 6 atom stereocenters. The first kappa shape index (κ1) is 31.3. The standard InChI is InChI=1S/C27H30O14/c1-14-24(17(29)9-10-37-14)41-26-23(35)22(34)25(40-20(32)8-5-15-3-6-16(28)7-4-15)18(39-26)13-38-21(33)12-27(2,36)11-19(30)31/h3-10,18,22-23,25-26,28,34-36H,11-13H2,1-2H3,(H,30,31)/b8-5-/t18-,22-,23-,25-,26+,27?/m1/s1. The van der Waals surface area contributed by atoms with Crippen molar-refractivity contribution in [3.63, 3.8) is 0 Å². The third-order valence-corrected chi connectivity index (χ3v) is 5.91. The van der Waals surface area contributed by atoms with Crippen molar-refractivity contribution in [1.82, 2.24) is 0 Å². The zero-order valence-electron chi connectivity index (χ0n) is 22.0. The number of aryl methyl sites for hydroxylation is 1. The molecule has 0 spiro atoms. The molecule has 0 radical (unpaired) electrons. The second-order valence-corrected chi connectivity index (χ2v) is 9.57. The van der Waals surface area contributed by atoms with Crippen molar-refractivity contribution in [1.29, 1.82) is 0 Å². The molecule has 41 heavy (non-hydrogen) atoms. The van der Waals surface area contributed by atoms with E-state index >= 15 is 0 Å². The van der Waals surface area contributed by atoms with Gasteiger partial charge in [-0.15, -0.1) is 0 Å². The Hall–Kier alpha value is -4.24. The number of benzene rings is 1. The van der Waals surface area contributed by atoms with Gasteiger partial charge in [0, 0.05) is 12.1 Å². The molecule has 1 aliphatic rings. The number of rotatable bonds is 11. The summed E-state index contributed by atoms with van der Waals surface area (Å²) in [7, 11) is 0. The molecule has 14 nitrogen and oxygen atoms in total. The number of carboxylic acids is 1. The number of carboxylic acid groups (broad SMARTS) is 1. The molecule has 2 aromatic rings. The van der Waals surface area contributed by atoms with E-state index in [4.69, 9.17) is 28.5 Å². The number of hydrogen-bond donors (Lipinski definition) is 5. The number of carbonyl (C=O) groups is 3. The van der Waals surface area contributed by atoms with Gasteiger partial charge < -0.3 is 48.9 Å². The molecule has 1 unspecified atom stereocenters. The minimum Gasteiger partial charge on any atom is -0.508 e. The monoisotopic (exact) mass is 578 g/mol. The predicted molar refractivity (Wildman–Crippen MR) is 136 cm³/mol. The van der Waals surface area contributed by atoms with Crippen LogP contribution in [0, 0.1) is 6.92 Å². The minimum atomic E-state index is -1.93. The molecule has 14 heteroatoms. The maximum Gasteiger partial charge on any atom is 0.331 e. The Morgan fingerprint density at radius 2 is 1.76 bits per heavy atom. The smallest absolute Gasteiger partial charge is 0.331 e. The summed E-state index contributed by atoms with van der Waals surface area (Å²) < 4.78 is 26.6. The number of aliphatic carboxylic acids is 1. The maximum absolute atomic E-state index is 12.6. The van der Waals surface area contributed by atoms with Crippen molar-refractivity contribution < 1.29 is 63.3 Å². The summed E-state index contributed by atoms with van der Waals surface area (Å²) >= 11 is 0. The number of aromatic hydroxyl groups is 1. The van der Waals surface area contributed by atoms with E-state index in [2.05, 4.69) is 0 Å². The Labute approximate surface area is 233 Å². The van der Waals surface area contributed by atoms with Gasteiger partial charge in [-0.25, -0.2) is 4.79 Å². The molecule has 222 valence electrons. The Bertz CT molecular complexity index is 1310. The highest BCUT2D eigenvalue weighted by Gasteiger charge is 2.48. The molecule has 5 N–H and O–H groups in total. The molecule has 0 bridgehead atoms. The first-order chi connectivity index (χ1) is 19.3. The number of aliphatic hydroxyl groups is 3. The zero-order valence-corrected chi connectivity index (χ0v) is 22.0. The van der Waals surface area contributed by atoms with E-state index in [1.54, 1.807) is 0 Å². The molecule has 1 saturated heterocycles. The van der Waals surface area contributed by atoms with E-state index in [1.807, 2.05) is 0 Å². The summed E-state index contributed by atoms with van der Waals surface area (Å²) in [5, 5.41) is 49.9. The zero-order chi connectivity index (χ0) is 30.3. The molecule has 1 aliphatic heterocycles. The number of ether oxygens (including phenoxy) is 4. The van der Waals surface area contributed by atoms with Crippen LogP contribution in [0.1, 0.15) is 31.1 Å². The van der Waals surface area contributed by atoms with Crippen LogP contribution in [0.15, 0.2) is 51.9 Å². The highest BCUT2D eigenvalue weighted by molar-refractivity contribution is 5.87. The molecular weight excluding hydrogens is 548 g/mol. The Morgan fingerprint density at radius 3 is 2.39 bits per heavy atom. The van der Waals surface area contributed by atoms with E-state index in [1.165, 1.54) is 37.3 Å². The second kappa shape index (κ2) is 13.4. The Kier molecular flexibility index (Phi) is 10.2. The van der Waals surface area contributed by atoms with Crippen LogP contribution in [0.5, 0.6) is 11.5 Å². The van der Waals surface area contributed by atoms with Crippen molar-refractivity contribution in [3.8, 4) is 11.5 Å². The van der Waals surface area contributed by atoms with Gasteiger partial charge in [-0.1, -0.05) is 12.1 Å². The van der Waals surface area contributed by atoms with E-state index in [9.17, 15) is 39.6 Å². The largest absolute Gasteiger partial charge is 0.508 e. The van der Waals surface area contributed by atoms with Crippen molar-refractivity contribution >= 4 is 24.0 Å². The molecule has 2 heterocycles. The van der Waals surface area contributed by atoms with Crippen LogP contribution in [0.25, 0.3) is 6.08 Å². The van der Waals surface area contributed by atoms with Crippen molar-refractivity contribution in [2.45, 2.75) is 63.0 Å². The number of phenols is 1. The molecule has 0 saturated carbocycles. The highest BCUT2D eigenvalue weighted by Crippen LogP contribution is 2.27. The topological polar surface area (TPSA) is 219 Å². The van der Waals surface area contributed by atoms with Gasteiger partial charge in [-0.3, -0.25) is 14.4 Å². The summed E-state index contributed by atoms with van der Waals surface area (Å²) in [6, 6.07) is 6.89. The lowest BCUT2D eigenvalue weighted by Gasteiger charge is -2.41. The third kappa shape index (κ3) is 8.88. The first-order valence-electron chi connectivity index (χ1n) is 12.3. The van der Waals surface area contributed by atoms with E-state index < -0.39 is 79.1 Å². The average molecular weight is 579 g/mol. The normalized spacial score (nSPS) is 23.9. The quantitative estimate of drug-likeness (QED) is 0.178. The van der Waals surface area contributed by atoms with Crippen LogP contribution in [0.3, 0.4) is 0 Å². The Balaban J connectivity index is 1.78. The fourth-order valence-electron chi connectivity index (χ4n) is 3.89. The molecule has 0 amide bonds. The maximum atomic E-state index is 12.6. The van der Waals surface area contributed by atoms with Crippen LogP contribution >= 0.6 is 0 Å². The van der Waals surface area contributed by atoms with Crippen molar-refractivity contribution in [3.05, 3.63) is 64.2 Å². The first-order valence-corrected chi connectivity index (χ1v) is 12.3. The highest BCUT2D eigenvalue weighted by atomic mass is 16.7. The van der Waals surface area contributed by atoms with Gasteiger partial charge >= 0.3 is 17.9 Å². The van der Waals surface area contributed by atoms with Crippen LogP contribution in [-0.4, -0.2) is 86.4 Å². The summed E-state index contributed by atoms with van der Waals surface area (Å²) in [6.45, 7) is 1.85. The molecule has 1 aromatic carbocycles. The van der Waals surface area contributed by atoms with Gasteiger partial charge in [-0.2, -0.15) is 0 Å². The summed E-state index contributed by atoms with van der Waals surface area (Å²) in [5.41, 5.74) is -2.01. The van der Waals surface area contributed by atoms with Crippen LogP contribution < -0.4 is 10.2 Å². The van der Waals surface area contributed by atoms with Gasteiger partial charge in [0.05, 0.1) is 24.7 Å². The lowest BCUT2D eigenvalue weighted by atomic mass is 9.98. The van der Waals surface area contributed by atoms with Gasteiger partial charge in [-0.05, 0) is 37.6 Å². The molecule has 3 rings (SSSR count). The number of hydrogen-bond acceptors (Lipinski definition) is 13. The van der Waals surface area contributed by atoms with E-state index in [0.29, 0.717) is 5.56 Å². The average Bonchev–Trinajstić information content (AvgIpc) is 2.88. The SMILES string of the molecule is Cc1occc(=O)c1O[C@@H]1O[C@H](COC(=O)CC(C)(O)CC(=O)O)[C@@H](OC(=O)/C=C\c2ccc(O)cc2)[C@H](O)[C@H]1O. The van der Waals surface area contributed by atoms with Crippen molar-refractivity contribution in [2.75, 3.05) is 6.61 Å². The third-order valence-electron chi connectivity index (χ3n) is 5.91. The molecule has 0 aliphatic carbocycles. The molecular formula is C27H30O14. The van der Waals surface area contributed by atoms with Crippen LogP contribution in [0.2, 0.25) is 0 Å². The molecule has 1 fully saturated rings. The fourth-order valence-corrected chi connectivity index (χ4v) is 3.89. The van der Waals surface area contributed by atoms with Gasteiger partial charge in [0.1, 0.15) is 36.4 Å².